The van der Waals surface area contributed by atoms with Gasteiger partial charge in [0.1, 0.15) is 12.4 Å². The molecule has 0 aliphatic rings. The molecule has 0 heterocycles. The average molecular weight is 263 g/mol. The summed E-state index contributed by atoms with van der Waals surface area (Å²) in [5.41, 5.74) is 2.93. The Morgan fingerprint density at radius 1 is 1.17 bits per heavy atom. The van der Waals surface area contributed by atoms with E-state index in [0.29, 0.717) is 22.9 Å². The predicted molar refractivity (Wildman–Crippen MR) is 72.9 cm³/mol. The molecule has 0 radical (unpaired) electrons. The predicted octanol–water partition coefficient (Wildman–Crippen LogP) is 3.72. The summed E-state index contributed by atoms with van der Waals surface area (Å²) in [4.78, 5) is 0. The third-order valence-electron chi connectivity index (χ3n) is 2.71. The summed E-state index contributed by atoms with van der Waals surface area (Å²) in [6, 6.07) is 13.5. The fraction of sp³-hybridized carbons (Fsp3) is 0.200. The second kappa shape index (κ2) is 5.89. The molecule has 0 spiro atoms. The van der Waals surface area contributed by atoms with Gasteiger partial charge < -0.3 is 9.84 Å². The van der Waals surface area contributed by atoms with Crippen LogP contribution < -0.4 is 4.74 Å². The lowest BCUT2D eigenvalue weighted by molar-refractivity contribution is 0.259. The number of hydrogen-bond donors (Lipinski definition) is 1. The molecule has 2 aromatic rings. The molecule has 0 aliphatic carbocycles. The molecule has 0 atom stereocenters. The molecule has 2 aromatic carbocycles. The highest BCUT2D eigenvalue weighted by Gasteiger charge is 2.07. The molecule has 2 rings (SSSR count). The summed E-state index contributed by atoms with van der Waals surface area (Å²) >= 11 is 6.00. The maximum atomic E-state index is 9.28. The average Bonchev–Trinajstić information content (AvgIpc) is 2.36. The van der Waals surface area contributed by atoms with Crippen LogP contribution in [0.1, 0.15) is 16.7 Å². The third kappa shape index (κ3) is 3.03. The van der Waals surface area contributed by atoms with Crippen molar-refractivity contribution in [3.8, 4) is 5.75 Å². The van der Waals surface area contributed by atoms with E-state index in [9.17, 15) is 5.11 Å². The minimum atomic E-state index is -0.122. The van der Waals surface area contributed by atoms with Crippen LogP contribution in [0, 0.1) is 6.92 Å². The number of halogens is 1. The molecule has 0 bridgehead atoms. The molecule has 3 heteroatoms. The third-order valence-corrected chi connectivity index (χ3v) is 3.06. The summed E-state index contributed by atoms with van der Waals surface area (Å²) in [6.07, 6.45) is 0. The molecule has 0 saturated heterocycles. The van der Waals surface area contributed by atoms with E-state index >= 15 is 0 Å². The molecular weight excluding hydrogens is 248 g/mol. The first-order valence-corrected chi connectivity index (χ1v) is 6.15. The van der Waals surface area contributed by atoms with Crippen LogP contribution in [-0.2, 0) is 13.2 Å². The molecule has 0 saturated carbocycles. The minimum Gasteiger partial charge on any atom is -0.488 e. The lowest BCUT2D eigenvalue weighted by atomic mass is 10.1. The molecule has 0 unspecified atom stereocenters. The van der Waals surface area contributed by atoms with Gasteiger partial charge in [-0.2, -0.15) is 0 Å². The Hall–Kier alpha value is -1.51. The highest BCUT2D eigenvalue weighted by molar-refractivity contribution is 6.31. The zero-order chi connectivity index (χ0) is 13.0. The zero-order valence-corrected chi connectivity index (χ0v) is 10.9. The number of benzene rings is 2. The molecule has 0 amide bonds. The Labute approximate surface area is 112 Å². The maximum Gasteiger partial charge on any atom is 0.126 e. The van der Waals surface area contributed by atoms with Gasteiger partial charge >= 0.3 is 0 Å². The van der Waals surface area contributed by atoms with Crippen molar-refractivity contribution in [2.24, 2.45) is 0 Å². The van der Waals surface area contributed by atoms with Gasteiger partial charge in [-0.05, 0) is 24.6 Å². The zero-order valence-electron chi connectivity index (χ0n) is 10.2. The first kappa shape index (κ1) is 12.9. The van der Waals surface area contributed by atoms with Crippen LogP contribution >= 0.6 is 11.6 Å². The van der Waals surface area contributed by atoms with Crippen molar-refractivity contribution in [1.29, 1.82) is 0 Å². The number of hydrogen-bond acceptors (Lipinski definition) is 2. The van der Waals surface area contributed by atoms with Crippen molar-refractivity contribution in [1.82, 2.24) is 0 Å². The van der Waals surface area contributed by atoms with Gasteiger partial charge in [0.25, 0.3) is 0 Å². The standard InChI is InChI=1S/C15H15ClO2/c1-11-4-2-5-12(8-11)10-18-15-7-3-6-14(16)13(15)9-17/h2-8,17H,9-10H2,1H3. The number of aliphatic hydroxyl groups excluding tert-OH is 1. The van der Waals surface area contributed by atoms with Gasteiger partial charge in [-0.3, -0.25) is 0 Å². The van der Waals surface area contributed by atoms with Crippen molar-refractivity contribution < 1.29 is 9.84 Å². The van der Waals surface area contributed by atoms with E-state index in [-0.39, 0.29) is 6.61 Å². The van der Waals surface area contributed by atoms with Crippen LogP contribution in [0.25, 0.3) is 0 Å². The van der Waals surface area contributed by atoms with E-state index in [1.54, 1.807) is 6.07 Å². The first-order valence-electron chi connectivity index (χ1n) is 5.77. The largest absolute Gasteiger partial charge is 0.488 e. The Kier molecular flexibility index (Phi) is 4.24. The first-order chi connectivity index (χ1) is 8.70. The number of aryl methyl sites for hydroxylation is 1. The van der Waals surface area contributed by atoms with E-state index in [0.717, 1.165) is 5.56 Å². The summed E-state index contributed by atoms with van der Waals surface area (Å²) in [5, 5.41) is 9.80. The lowest BCUT2D eigenvalue weighted by Crippen LogP contribution is -1.99. The van der Waals surface area contributed by atoms with Crippen molar-refractivity contribution in [2.45, 2.75) is 20.1 Å². The van der Waals surface area contributed by atoms with Crippen molar-refractivity contribution >= 4 is 11.6 Å². The van der Waals surface area contributed by atoms with Crippen LogP contribution in [0.15, 0.2) is 42.5 Å². The number of aliphatic hydroxyl groups is 1. The van der Waals surface area contributed by atoms with Crippen LogP contribution in [0.4, 0.5) is 0 Å². The molecule has 1 N–H and O–H groups in total. The van der Waals surface area contributed by atoms with Crippen LogP contribution in [0.2, 0.25) is 5.02 Å². The van der Waals surface area contributed by atoms with E-state index in [1.165, 1.54) is 5.56 Å². The van der Waals surface area contributed by atoms with Crippen molar-refractivity contribution in [3.63, 3.8) is 0 Å². The van der Waals surface area contributed by atoms with E-state index in [1.807, 2.05) is 37.3 Å². The van der Waals surface area contributed by atoms with Gasteiger partial charge in [-0.1, -0.05) is 47.5 Å². The molecule has 94 valence electrons. The van der Waals surface area contributed by atoms with Gasteiger partial charge in [0, 0.05) is 10.6 Å². The second-order valence-corrected chi connectivity index (χ2v) is 4.56. The fourth-order valence-electron chi connectivity index (χ4n) is 1.79. The normalized spacial score (nSPS) is 10.4. The fourth-order valence-corrected chi connectivity index (χ4v) is 2.02. The Bertz CT molecular complexity index is 538. The molecule has 2 nitrogen and oxygen atoms in total. The molecular formula is C15H15ClO2. The van der Waals surface area contributed by atoms with Crippen LogP contribution in [0.3, 0.4) is 0 Å². The second-order valence-electron chi connectivity index (χ2n) is 4.15. The van der Waals surface area contributed by atoms with Crippen LogP contribution in [0.5, 0.6) is 5.75 Å². The monoisotopic (exact) mass is 262 g/mol. The van der Waals surface area contributed by atoms with E-state index in [2.05, 4.69) is 6.07 Å². The van der Waals surface area contributed by atoms with Gasteiger partial charge in [-0.25, -0.2) is 0 Å². The molecule has 0 fully saturated rings. The van der Waals surface area contributed by atoms with Gasteiger partial charge in [0.15, 0.2) is 0 Å². The quantitative estimate of drug-likeness (QED) is 0.910. The molecule has 18 heavy (non-hydrogen) atoms. The van der Waals surface area contributed by atoms with Crippen molar-refractivity contribution in [3.05, 3.63) is 64.2 Å². The van der Waals surface area contributed by atoms with Gasteiger partial charge in [-0.15, -0.1) is 0 Å². The highest BCUT2D eigenvalue weighted by atomic mass is 35.5. The number of rotatable bonds is 4. The maximum absolute atomic E-state index is 9.28. The van der Waals surface area contributed by atoms with Crippen LogP contribution in [-0.4, -0.2) is 5.11 Å². The topological polar surface area (TPSA) is 29.5 Å². The van der Waals surface area contributed by atoms with Gasteiger partial charge in [0.05, 0.1) is 6.61 Å². The lowest BCUT2D eigenvalue weighted by Gasteiger charge is -2.11. The smallest absolute Gasteiger partial charge is 0.126 e. The Balaban J connectivity index is 2.13. The minimum absolute atomic E-state index is 0.122. The van der Waals surface area contributed by atoms with Gasteiger partial charge in [0.2, 0.25) is 0 Å². The van der Waals surface area contributed by atoms with E-state index < -0.39 is 0 Å². The molecule has 0 aliphatic heterocycles. The summed E-state index contributed by atoms with van der Waals surface area (Å²) in [5.74, 6) is 0.631. The Morgan fingerprint density at radius 2 is 1.94 bits per heavy atom. The summed E-state index contributed by atoms with van der Waals surface area (Å²) in [6.45, 7) is 2.39. The Morgan fingerprint density at radius 3 is 2.67 bits per heavy atom. The number of ether oxygens (including phenoxy) is 1. The van der Waals surface area contributed by atoms with E-state index in [4.69, 9.17) is 16.3 Å². The van der Waals surface area contributed by atoms with Crippen molar-refractivity contribution in [2.75, 3.05) is 0 Å². The highest BCUT2D eigenvalue weighted by Crippen LogP contribution is 2.27. The summed E-state index contributed by atoms with van der Waals surface area (Å²) < 4.78 is 5.71. The molecule has 0 aromatic heterocycles. The summed E-state index contributed by atoms with van der Waals surface area (Å²) in [7, 11) is 0. The SMILES string of the molecule is Cc1cccc(COc2cccc(Cl)c2CO)c1.